The molecule has 3 N–H and O–H groups in total. The third-order valence-electron chi connectivity index (χ3n) is 3.86. The lowest BCUT2D eigenvalue weighted by Crippen LogP contribution is -2.15. The molecule has 0 aliphatic heterocycles. The number of hydrogen-bond acceptors (Lipinski definition) is 4. The molecule has 4 aromatic rings. The minimum absolute atomic E-state index is 0.0763. The summed E-state index contributed by atoms with van der Waals surface area (Å²) >= 11 is 0. The van der Waals surface area contributed by atoms with E-state index in [2.05, 4.69) is 25.5 Å². The van der Waals surface area contributed by atoms with Crippen LogP contribution in [0.4, 0.5) is 5.69 Å². The van der Waals surface area contributed by atoms with Crippen LogP contribution in [-0.2, 0) is 6.54 Å². The second-order valence-electron chi connectivity index (χ2n) is 5.48. The van der Waals surface area contributed by atoms with Gasteiger partial charge in [0, 0.05) is 28.9 Å². The van der Waals surface area contributed by atoms with E-state index >= 15 is 0 Å². The molecule has 4 rings (SSSR count). The maximum atomic E-state index is 12.2. The number of aromatic amines is 2. The lowest BCUT2D eigenvalue weighted by molar-refractivity contribution is 1.09. The monoisotopic (exact) mass is 317 g/mol. The van der Waals surface area contributed by atoms with Crippen molar-refractivity contribution in [1.82, 2.24) is 20.2 Å². The van der Waals surface area contributed by atoms with Crippen LogP contribution < -0.4 is 10.9 Å². The molecule has 0 fully saturated rings. The maximum absolute atomic E-state index is 12.2. The van der Waals surface area contributed by atoms with Gasteiger partial charge in [0.05, 0.1) is 0 Å². The summed E-state index contributed by atoms with van der Waals surface area (Å²) in [6, 6.07) is 17.5. The van der Waals surface area contributed by atoms with Crippen molar-refractivity contribution in [2.24, 2.45) is 0 Å². The molecular formula is C18H15N5O. The summed E-state index contributed by atoms with van der Waals surface area (Å²) in [7, 11) is 0. The van der Waals surface area contributed by atoms with Gasteiger partial charge >= 0.3 is 0 Å². The highest BCUT2D eigenvalue weighted by atomic mass is 16.1. The van der Waals surface area contributed by atoms with Gasteiger partial charge in [-0.25, -0.2) is 4.98 Å². The van der Waals surface area contributed by atoms with Gasteiger partial charge < -0.3 is 10.3 Å². The Balaban J connectivity index is 1.58. The predicted octanol–water partition coefficient (Wildman–Crippen LogP) is 2.93. The van der Waals surface area contributed by atoms with Crippen molar-refractivity contribution in [1.29, 1.82) is 0 Å². The molecular weight excluding hydrogens is 302 g/mol. The van der Waals surface area contributed by atoms with Gasteiger partial charge in [-0.3, -0.25) is 9.89 Å². The summed E-state index contributed by atoms with van der Waals surface area (Å²) in [5.41, 5.74) is 3.31. The van der Waals surface area contributed by atoms with Crippen molar-refractivity contribution in [3.63, 3.8) is 0 Å². The van der Waals surface area contributed by atoms with Gasteiger partial charge in [-0.05, 0) is 29.7 Å². The second-order valence-corrected chi connectivity index (χ2v) is 5.48. The molecule has 0 bridgehead atoms. The molecule has 0 aliphatic rings. The standard InChI is InChI=1S/C18H15N5O/c24-18-14(8-12-4-1-2-7-16(12)22-18)10-19-15-6-3-5-13(9-15)17-20-11-21-23-17/h1-9,11,19H,10H2,(H,22,24)(H,20,21,23). The number of pyridine rings is 1. The van der Waals surface area contributed by atoms with Crippen LogP contribution in [0.15, 0.2) is 65.7 Å². The fourth-order valence-electron chi connectivity index (χ4n) is 2.64. The van der Waals surface area contributed by atoms with E-state index in [-0.39, 0.29) is 5.56 Å². The fraction of sp³-hybridized carbons (Fsp3) is 0.0556. The number of aromatic nitrogens is 4. The number of nitrogens with zero attached hydrogens (tertiary/aromatic N) is 2. The Kier molecular flexibility index (Phi) is 3.55. The van der Waals surface area contributed by atoms with Crippen molar-refractivity contribution >= 4 is 16.6 Å². The van der Waals surface area contributed by atoms with E-state index in [0.29, 0.717) is 17.9 Å². The largest absolute Gasteiger partial charge is 0.381 e. The number of nitrogens with one attached hydrogen (secondary N) is 3. The summed E-state index contributed by atoms with van der Waals surface area (Å²) < 4.78 is 0. The molecule has 2 aromatic heterocycles. The minimum atomic E-state index is -0.0763. The van der Waals surface area contributed by atoms with E-state index in [1.165, 1.54) is 6.33 Å². The van der Waals surface area contributed by atoms with E-state index in [4.69, 9.17) is 0 Å². The zero-order chi connectivity index (χ0) is 16.4. The number of hydrogen-bond donors (Lipinski definition) is 3. The van der Waals surface area contributed by atoms with E-state index in [1.807, 2.05) is 54.6 Å². The molecule has 0 unspecified atom stereocenters. The quantitative estimate of drug-likeness (QED) is 0.540. The number of para-hydroxylation sites is 1. The summed E-state index contributed by atoms with van der Waals surface area (Å²) in [6.07, 6.45) is 1.48. The topological polar surface area (TPSA) is 86.5 Å². The Hall–Kier alpha value is -3.41. The highest BCUT2D eigenvalue weighted by molar-refractivity contribution is 5.78. The molecule has 0 atom stereocenters. The molecule has 6 nitrogen and oxygen atoms in total. The third-order valence-corrected chi connectivity index (χ3v) is 3.86. The predicted molar refractivity (Wildman–Crippen MR) is 93.7 cm³/mol. The molecule has 6 heteroatoms. The molecule has 24 heavy (non-hydrogen) atoms. The number of H-pyrrole nitrogens is 2. The molecule has 0 amide bonds. The first-order valence-corrected chi connectivity index (χ1v) is 7.60. The van der Waals surface area contributed by atoms with Gasteiger partial charge in [0.1, 0.15) is 6.33 Å². The Morgan fingerprint density at radius 1 is 1.04 bits per heavy atom. The Morgan fingerprint density at radius 3 is 2.83 bits per heavy atom. The fourth-order valence-corrected chi connectivity index (χ4v) is 2.64. The Labute approximate surface area is 137 Å². The molecule has 2 aromatic carbocycles. The smallest absolute Gasteiger partial charge is 0.253 e. The lowest BCUT2D eigenvalue weighted by atomic mass is 10.1. The van der Waals surface area contributed by atoms with Crippen LogP contribution in [0.25, 0.3) is 22.3 Å². The van der Waals surface area contributed by atoms with E-state index < -0.39 is 0 Å². The summed E-state index contributed by atoms with van der Waals surface area (Å²) in [4.78, 5) is 19.2. The molecule has 0 saturated heterocycles. The normalized spacial score (nSPS) is 10.8. The highest BCUT2D eigenvalue weighted by Crippen LogP contribution is 2.19. The van der Waals surface area contributed by atoms with Gasteiger partial charge in [-0.2, -0.15) is 5.10 Å². The average Bonchev–Trinajstić information content (AvgIpc) is 3.15. The molecule has 0 spiro atoms. The van der Waals surface area contributed by atoms with E-state index in [1.54, 1.807) is 0 Å². The Bertz CT molecular complexity index is 1040. The second kappa shape index (κ2) is 6.00. The zero-order valence-corrected chi connectivity index (χ0v) is 12.8. The lowest BCUT2D eigenvalue weighted by Gasteiger charge is -2.08. The first-order valence-electron chi connectivity index (χ1n) is 7.60. The summed E-state index contributed by atoms with van der Waals surface area (Å²) in [5, 5.41) is 11.0. The van der Waals surface area contributed by atoms with E-state index in [9.17, 15) is 4.79 Å². The van der Waals surface area contributed by atoms with Gasteiger partial charge in [-0.15, -0.1) is 0 Å². The van der Waals surface area contributed by atoms with Crippen molar-refractivity contribution in [2.45, 2.75) is 6.54 Å². The SMILES string of the molecule is O=c1[nH]c2ccccc2cc1CNc1cccc(-c2ncn[nH]2)c1. The van der Waals surface area contributed by atoms with Crippen LogP contribution in [-0.4, -0.2) is 20.2 Å². The molecule has 0 saturated carbocycles. The van der Waals surface area contributed by atoms with Crippen molar-refractivity contribution in [2.75, 3.05) is 5.32 Å². The summed E-state index contributed by atoms with van der Waals surface area (Å²) in [5.74, 6) is 0.710. The van der Waals surface area contributed by atoms with Gasteiger partial charge in [0.15, 0.2) is 5.82 Å². The van der Waals surface area contributed by atoms with Crippen LogP contribution in [0.2, 0.25) is 0 Å². The first kappa shape index (κ1) is 14.2. The third kappa shape index (κ3) is 2.77. The van der Waals surface area contributed by atoms with Crippen LogP contribution in [0.5, 0.6) is 0 Å². The number of anilines is 1. The molecule has 0 radical (unpaired) electrons. The minimum Gasteiger partial charge on any atom is -0.381 e. The van der Waals surface area contributed by atoms with Crippen LogP contribution in [0.1, 0.15) is 5.56 Å². The number of benzene rings is 2. The van der Waals surface area contributed by atoms with Crippen LogP contribution >= 0.6 is 0 Å². The number of fused-ring (bicyclic) bond motifs is 1. The molecule has 118 valence electrons. The molecule has 2 heterocycles. The van der Waals surface area contributed by atoms with Crippen molar-refractivity contribution in [3.8, 4) is 11.4 Å². The average molecular weight is 317 g/mol. The van der Waals surface area contributed by atoms with Gasteiger partial charge in [0.2, 0.25) is 0 Å². The van der Waals surface area contributed by atoms with E-state index in [0.717, 1.165) is 22.2 Å². The Morgan fingerprint density at radius 2 is 1.96 bits per heavy atom. The highest BCUT2D eigenvalue weighted by Gasteiger charge is 2.05. The van der Waals surface area contributed by atoms with Gasteiger partial charge in [-0.1, -0.05) is 30.3 Å². The van der Waals surface area contributed by atoms with Crippen molar-refractivity contribution in [3.05, 3.63) is 76.8 Å². The van der Waals surface area contributed by atoms with Crippen molar-refractivity contribution < 1.29 is 0 Å². The molecule has 0 aliphatic carbocycles. The van der Waals surface area contributed by atoms with Gasteiger partial charge in [0.25, 0.3) is 5.56 Å². The van der Waals surface area contributed by atoms with Crippen LogP contribution in [0, 0.1) is 0 Å². The van der Waals surface area contributed by atoms with Crippen LogP contribution in [0.3, 0.4) is 0 Å². The maximum Gasteiger partial charge on any atom is 0.253 e. The number of rotatable bonds is 4. The zero-order valence-electron chi connectivity index (χ0n) is 12.8. The first-order chi connectivity index (χ1) is 11.8. The summed E-state index contributed by atoms with van der Waals surface area (Å²) in [6.45, 7) is 0.444.